The largest absolute Gasteiger partial charge is 0.488 e. The number of rotatable bonds is 4. The highest BCUT2D eigenvalue weighted by molar-refractivity contribution is 5.37. The number of para-hydroxylation sites is 1. The molecule has 1 unspecified atom stereocenters. The van der Waals surface area contributed by atoms with Crippen molar-refractivity contribution < 1.29 is 9.26 Å². The number of hydrogen-bond donors (Lipinski definition) is 1. The summed E-state index contributed by atoms with van der Waals surface area (Å²) in [7, 11) is 0. The van der Waals surface area contributed by atoms with Crippen LogP contribution >= 0.6 is 0 Å². The molecule has 3 rings (SSSR count). The Bertz CT molecular complexity index is 459. The van der Waals surface area contributed by atoms with Crippen LogP contribution in [0.15, 0.2) is 35.2 Å². The molecule has 2 heterocycles. The Morgan fingerprint density at radius 1 is 1.35 bits per heavy atom. The van der Waals surface area contributed by atoms with E-state index >= 15 is 0 Å². The predicted octanol–water partition coefficient (Wildman–Crippen LogP) is 1.16. The van der Waals surface area contributed by atoms with E-state index in [0.29, 0.717) is 12.4 Å². The molecule has 1 aromatic heterocycles. The summed E-state index contributed by atoms with van der Waals surface area (Å²) in [5.41, 5.74) is 1.28. The Balaban J connectivity index is 1.49. The summed E-state index contributed by atoms with van der Waals surface area (Å²) in [4.78, 5) is 3.94. The van der Waals surface area contributed by atoms with Crippen LogP contribution in [0.5, 0.6) is 5.75 Å². The van der Waals surface area contributed by atoms with Crippen molar-refractivity contribution in [3.05, 3.63) is 42.0 Å². The van der Waals surface area contributed by atoms with Gasteiger partial charge in [0, 0.05) is 13.0 Å². The van der Waals surface area contributed by atoms with E-state index in [1.54, 1.807) is 0 Å². The molecule has 0 amide bonds. The summed E-state index contributed by atoms with van der Waals surface area (Å²) in [5.74, 6) is 1.67. The van der Waals surface area contributed by atoms with Crippen LogP contribution in [0.3, 0.4) is 0 Å². The van der Waals surface area contributed by atoms with Gasteiger partial charge in [-0.25, -0.2) is 0 Å². The van der Waals surface area contributed by atoms with Crippen LogP contribution in [-0.4, -0.2) is 22.8 Å². The lowest BCUT2D eigenvalue weighted by Crippen LogP contribution is -2.30. The van der Waals surface area contributed by atoms with E-state index in [4.69, 9.17) is 4.74 Å². The van der Waals surface area contributed by atoms with Gasteiger partial charge in [0.2, 0.25) is 6.39 Å². The first-order valence-electron chi connectivity index (χ1n) is 5.62. The average Bonchev–Trinajstić information content (AvgIpc) is 2.96. The zero-order valence-corrected chi connectivity index (χ0v) is 9.30. The smallest absolute Gasteiger partial charge is 0.213 e. The fourth-order valence-corrected chi connectivity index (χ4v) is 1.98. The van der Waals surface area contributed by atoms with Gasteiger partial charge >= 0.3 is 0 Å². The van der Waals surface area contributed by atoms with E-state index in [1.807, 2.05) is 18.2 Å². The molecular weight excluding hydrogens is 218 g/mol. The zero-order valence-electron chi connectivity index (χ0n) is 9.30. The maximum absolute atomic E-state index is 5.80. The quantitative estimate of drug-likeness (QED) is 0.855. The summed E-state index contributed by atoms with van der Waals surface area (Å²) in [6.07, 6.45) is 2.48. The summed E-state index contributed by atoms with van der Waals surface area (Å²) in [6.45, 7) is 1.38. The molecule has 1 aliphatic rings. The van der Waals surface area contributed by atoms with Crippen molar-refractivity contribution in [2.45, 2.75) is 19.1 Å². The molecule has 0 bridgehead atoms. The van der Waals surface area contributed by atoms with Gasteiger partial charge in [-0.3, -0.25) is 0 Å². The van der Waals surface area contributed by atoms with Crippen LogP contribution in [0, 0.1) is 0 Å². The van der Waals surface area contributed by atoms with Crippen molar-refractivity contribution in [2.24, 2.45) is 0 Å². The topological polar surface area (TPSA) is 60.2 Å². The minimum absolute atomic E-state index is 0.194. The molecule has 0 aliphatic carbocycles. The molecule has 5 heteroatoms. The van der Waals surface area contributed by atoms with Crippen LogP contribution in [-0.2, 0) is 13.0 Å². The molecule has 5 nitrogen and oxygen atoms in total. The minimum Gasteiger partial charge on any atom is -0.488 e. The van der Waals surface area contributed by atoms with Gasteiger partial charge in [0.1, 0.15) is 11.9 Å². The predicted molar refractivity (Wildman–Crippen MR) is 60.6 cm³/mol. The molecule has 1 atom stereocenters. The zero-order chi connectivity index (χ0) is 11.5. The second kappa shape index (κ2) is 4.55. The third kappa shape index (κ3) is 2.29. The molecule has 0 radical (unpaired) electrons. The van der Waals surface area contributed by atoms with Gasteiger partial charge in [-0.2, -0.15) is 4.98 Å². The number of nitrogens with zero attached hydrogens (tertiary/aromatic N) is 2. The molecular formula is C12H13N3O2. The number of nitrogens with one attached hydrogen (secondary N) is 1. The lowest BCUT2D eigenvalue weighted by molar-refractivity contribution is 0.226. The minimum atomic E-state index is 0.194. The molecule has 0 saturated carbocycles. The van der Waals surface area contributed by atoms with Gasteiger partial charge in [-0.05, 0) is 11.6 Å². The van der Waals surface area contributed by atoms with Crippen LogP contribution < -0.4 is 10.1 Å². The SMILES string of the molecule is c1ccc2c(c1)CC(CNCc1ncon1)O2. The Labute approximate surface area is 98.8 Å². The van der Waals surface area contributed by atoms with Gasteiger partial charge in [0.15, 0.2) is 5.82 Å². The van der Waals surface area contributed by atoms with Gasteiger partial charge in [0.05, 0.1) is 6.54 Å². The summed E-state index contributed by atoms with van der Waals surface area (Å²) in [5, 5.41) is 6.98. The van der Waals surface area contributed by atoms with Gasteiger partial charge in [-0.1, -0.05) is 23.4 Å². The van der Waals surface area contributed by atoms with Crippen molar-refractivity contribution in [3.63, 3.8) is 0 Å². The molecule has 1 aromatic carbocycles. The maximum Gasteiger partial charge on any atom is 0.213 e. The molecule has 1 aliphatic heterocycles. The van der Waals surface area contributed by atoms with Gasteiger partial charge < -0.3 is 14.6 Å². The third-order valence-electron chi connectivity index (χ3n) is 2.78. The third-order valence-corrected chi connectivity index (χ3v) is 2.78. The lowest BCUT2D eigenvalue weighted by Gasteiger charge is -2.10. The van der Waals surface area contributed by atoms with Gasteiger partial charge in [0.25, 0.3) is 0 Å². The molecule has 0 spiro atoms. The van der Waals surface area contributed by atoms with Crippen LogP contribution in [0.25, 0.3) is 0 Å². The highest BCUT2D eigenvalue weighted by Crippen LogP contribution is 2.27. The van der Waals surface area contributed by atoms with Crippen LogP contribution in [0.4, 0.5) is 0 Å². The molecule has 2 aromatic rings. The highest BCUT2D eigenvalue weighted by Gasteiger charge is 2.21. The standard InChI is InChI=1S/C12H13N3O2/c1-2-4-11-9(3-1)5-10(17-11)6-13-7-12-14-8-16-15-12/h1-4,8,10,13H,5-7H2. The fourth-order valence-electron chi connectivity index (χ4n) is 1.98. The Morgan fingerprint density at radius 3 is 3.12 bits per heavy atom. The molecule has 17 heavy (non-hydrogen) atoms. The number of fused-ring (bicyclic) bond motifs is 1. The first-order chi connectivity index (χ1) is 8.42. The Kier molecular flexibility index (Phi) is 2.75. The first-order valence-corrected chi connectivity index (χ1v) is 5.62. The lowest BCUT2D eigenvalue weighted by atomic mass is 10.1. The normalized spacial score (nSPS) is 17.8. The van der Waals surface area contributed by atoms with Crippen molar-refractivity contribution in [2.75, 3.05) is 6.54 Å². The number of aromatic nitrogens is 2. The Morgan fingerprint density at radius 2 is 2.29 bits per heavy atom. The maximum atomic E-state index is 5.80. The molecule has 88 valence electrons. The molecule has 1 N–H and O–H groups in total. The van der Waals surface area contributed by atoms with Crippen molar-refractivity contribution in [1.82, 2.24) is 15.5 Å². The van der Waals surface area contributed by atoms with E-state index in [1.165, 1.54) is 12.0 Å². The summed E-state index contributed by atoms with van der Waals surface area (Å²) >= 11 is 0. The van der Waals surface area contributed by atoms with E-state index < -0.39 is 0 Å². The summed E-state index contributed by atoms with van der Waals surface area (Å²) in [6, 6.07) is 8.15. The number of hydrogen-bond acceptors (Lipinski definition) is 5. The van der Waals surface area contributed by atoms with Gasteiger partial charge in [-0.15, -0.1) is 0 Å². The van der Waals surface area contributed by atoms with Crippen LogP contribution in [0.2, 0.25) is 0 Å². The summed E-state index contributed by atoms with van der Waals surface area (Å²) < 4.78 is 10.5. The monoisotopic (exact) mass is 231 g/mol. The number of ether oxygens (including phenoxy) is 1. The van der Waals surface area contributed by atoms with E-state index in [0.717, 1.165) is 18.7 Å². The first kappa shape index (κ1) is 10.3. The van der Waals surface area contributed by atoms with E-state index in [9.17, 15) is 0 Å². The Hall–Kier alpha value is -1.88. The van der Waals surface area contributed by atoms with Crippen molar-refractivity contribution in [3.8, 4) is 5.75 Å². The van der Waals surface area contributed by atoms with Crippen molar-refractivity contribution >= 4 is 0 Å². The second-order valence-electron chi connectivity index (χ2n) is 4.03. The fraction of sp³-hybridized carbons (Fsp3) is 0.333. The average molecular weight is 231 g/mol. The molecule has 0 saturated heterocycles. The second-order valence-corrected chi connectivity index (χ2v) is 4.03. The molecule has 0 fully saturated rings. The highest BCUT2D eigenvalue weighted by atomic mass is 16.5. The van der Waals surface area contributed by atoms with E-state index in [2.05, 4.69) is 26.0 Å². The van der Waals surface area contributed by atoms with E-state index in [-0.39, 0.29) is 6.10 Å². The van der Waals surface area contributed by atoms with Crippen molar-refractivity contribution in [1.29, 1.82) is 0 Å². The van der Waals surface area contributed by atoms with Crippen LogP contribution in [0.1, 0.15) is 11.4 Å². The number of benzene rings is 1.